The van der Waals surface area contributed by atoms with Gasteiger partial charge in [-0.1, -0.05) is 116 Å². The lowest BCUT2D eigenvalue weighted by Gasteiger charge is -2.52. The molecule has 55 heavy (non-hydrogen) atoms. The van der Waals surface area contributed by atoms with Gasteiger partial charge in [-0.3, -0.25) is 24.2 Å². The van der Waals surface area contributed by atoms with Gasteiger partial charge in [0.15, 0.2) is 0 Å². The molecular weight excluding hydrogens is 691 g/mol. The number of piperazine rings is 1. The van der Waals surface area contributed by atoms with Gasteiger partial charge in [0.05, 0.1) is 18.1 Å². The molecule has 0 unspecified atom stereocenters. The van der Waals surface area contributed by atoms with Crippen LogP contribution in [0.3, 0.4) is 0 Å². The molecule has 0 aromatic heterocycles. The zero-order valence-electron chi connectivity index (χ0n) is 31.6. The third kappa shape index (κ3) is 7.92. The van der Waals surface area contributed by atoms with E-state index in [0.717, 1.165) is 49.0 Å². The second-order valence-electron chi connectivity index (χ2n) is 15.8. The summed E-state index contributed by atoms with van der Waals surface area (Å²) < 4.78 is 5.58. The smallest absolute Gasteiger partial charge is 0.411 e. The average Bonchev–Trinajstić information content (AvgIpc) is 3.61. The molecule has 5 aliphatic rings. The van der Waals surface area contributed by atoms with Crippen LogP contribution in [0.1, 0.15) is 92.1 Å². The maximum Gasteiger partial charge on any atom is 0.411 e. The summed E-state index contributed by atoms with van der Waals surface area (Å²) in [6.07, 6.45) is 12.7. The summed E-state index contributed by atoms with van der Waals surface area (Å²) in [4.78, 5) is 64.2. The van der Waals surface area contributed by atoms with Gasteiger partial charge < -0.3 is 19.9 Å². The van der Waals surface area contributed by atoms with Crippen LogP contribution in [-0.2, 0) is 25.5 Å². The number of aryl methyl sites for hydroxylation is 1. The maximum atomic E-state index is 14.6. The molecule has 3 aromatic rings. The zero-order chi connectivity index (χ0) is 37.7. The van der Waals surface area contributed by atoms with Gasteiger partial charge in [-0.15, -0.1) is 0 Å². The quantitative estimate of drug-likeness (QED) is 0.232. The van der Waals surface area contributed by atoms with Crippen molar-refractivity contribution in [2.75, 3.05) is 32.8 Å². The molecule has 0 bridgehead atoms. The van der Waals surface area contributed by atoms with Gasteiger partial charge in [0.2, 0.25) is 17.7 Å². The lowest BCUT2D eigenvalue weighted by atomic mass is 9.86. The van der Waals surface area contributed by atoms with Gasteiger partial charge in [-0.2, -0.15) is 0 Å². The van der Waals surface area contributed by atoms with Gasteiger partial charge in [-0.05, 0) is 60.8 Å². The minimum atomic E-state index is -0.912. The molecule has 3 heterocycles. The summed E-state index contributed by atoms with van der Waals surface area (Å²) in [6.45, 7) is 3.23. The monoisotopic (exact) mass is 743 g/mol. The van der Waals surface area contributed by atoms with E-state index in [9.17, 15) is 19.2 Å². The number of likely N-dealkylation sites (tertiary alicyclic amines) is 1. The Hall–Kier alpha value is -4.96. The number of fused-ring (bicyclic) bond motifs is 1. The summed E-state index contributed by atoms with van der Waals surface area (Å²) in [7, 11) is 0. The van der Waals surface area contributed by atoms with E-state index in [1.807, 2.05) is 89.8 Å². The molecule has 3 saturated heterocycles. The van der Waals surface area contributed by atoms with Crippen molar-refractivity contribution in [2.45, 2.75) is 100 Å². The van der Waals surface area contributed by atoms with Crippen LogP contribution in [0.25, 0.3) is 6.08 Å². The number of hydrogen-bond donors (Lipinski definition) is 1. The number of benzene rings is 3. The van der Waals surface area contributed by atoms with Crippen LogP contribution in [0.15, 0.2) is 91.0 Å². The highest BCUT2D eigenvalue weighted by molar-refractivity contribution is 5.98. The van der Waals surface area contributed by atoms with E-state index in [2.05, 4.69) is 22.3 Å². The number of carbonyl (C=O) groups excluding carboxylic acids is 4. The van der Waals surface area contributed by atoms with Gasteiger partial charge >= 0.3 is 6.09 Å². The van der Waals surface area contributed by atoms with Crippen molar-refractivity contribution in [3.8, 4) is 0 Å². The van der Waals surface area contributed by atoms with Crippen molar-refractivity contribution >= 4 is 29.9 Å². The van der Waals surface area contributed by atoms with Gasteiger partial charge in [-0.25, -0.2) is 4.79 Å². The Morgan fingerprint density at radius 1 is 0.818 bits per heavy atom. The number of nitrogens with zero attached hydrogens (tertiary/aromatic N) is 4. The SMILES string of the molecule is O=C(N[C@@H]1CCCc2ccccc21)[C@H](CCC(=O)N1CCN(C2CCCCC2)CC1)N1C(=O)[C@@H](N2C(=O)OC[C@@H]2c2ccccc2)[C@H]1/C=C/c1ccccc1. The fourth-order valence-corrected chi connectivity index (χ4v) is 9.57. The Labute approximate surface area is 324 Å². The minimum Gasteiger partial charge on any atom is -0.447 e. The zero-order valence-corrected chi connectivity index (χ0v) is 31.6. The lowest BCUT2D eigenvalue weighted by Crippen LogP contribution is -2.74. The Morgan fingerprint density at radius 2 is 1.53 bits per heavy atom. The second-order valence-corrected chi connectivity index (χ2v) is 15.8. The molecule has 10 nitrogen and oxygen atoms in total. The number of nitrogens with one attached hydrogen (secondary N) is 1. The predicted octanol–water partition coefficient (Wildman–Crippen LogP) is 6.29. The number of rotatable bonds is 11. The van der Waals surface area contributed by atoms with E-state index < -0.39 is 30.3 Å². The molecule has 4 amide bonds. The fraction of sp³-hybridized carbons (Fsp3) is 0.467. The fourth-order valence-electron chi connectivity index (χ4n) is 9.57. The predicted molar refractivity (Wildman–Crippen MR) is 211 cm³/mol. The minimum absolute atomic E-state index is 0.0114. The normalized spacial score (nSPS) is 25.3. The average molecular weight is 744 g/mol. The number of ether oxygens (including phenoxy) is 1. The number of hydrogen-bond acceptors (Lipinski definition) is 6. The van der Waals surface area contributed by atoms with Gasteiger partial charge in [0, 0.05) is 38.6 Å². The van der Waals surface area contributed by atoms with Crippen molar-refractivity contribution in [1.82, 2.24) is 24.9 Å². The standard InChI is InChI=1S/C45H53N5O5/c51-41(48-29-27-47(28-30-48)35-19-8-3-9-20-35)26-25-39(43(52)46-37-22-12-18-33-15-10-11-21-36(33)37)49-38(24-23-32-13-4-1-5-14-32)42(44(49)53)50-40(31-55-45(50)54)34-16-6-2-7-17-34/h1-2,4-7,10-11,13-17,21,23-24,35,37-40,42H,3,8-9,12,18-20,22,25-31H2,(H,46,52)/b24-23+/t37-,38-,39+,40-,42+/m1/s1. The Morgan fingerprint density at radius 3 is 2.29 bits per heavy atom. The lowest BCUT2D eigenvalue weighted by molar-refractivity contribution is -0.163. The Bertz CT molecular complexity index is 1860. The first-order valence-corrected chi connectivity index (χ1v) is 20.4. The third-order valence-corrected chi connectivity index (χ3v) is 12.5. The summed E-state index contributed by atoms with van der Waals surface area (Å²) in [5.41, 5.74) is 4.14. The van der Waals surface area contributed by atoms with Crippen LogP contribution in [0.4, 0.5) is 4.79 Å². The molecule has 10 heteroatoms. The number of amides is 4. The van der Waals surface area contributed by atoms with Crippen molar-refractivity contribution in [1.29, 1.82) is 0 Å². The first kappa shape index (κ1) is 37.0. The van der Waals surface area contributed by atoms with E-state index in [0.29, 0.717) is 19.1 Å². The van der Waals surface area contributed by atoms with Crippen molar-refractivity contribution in [2.24, 2.45) is 0 Å². The van der Waals surface area contributed by atoms with Crippen LogP contribution in [-0.4, -0.2) is 100 Å². The van der Waals surface area contributed by atoms with E-state index in [1.165, 1.54) is 37.7 Å². The van der Waals surface area contributed by atoms with Gasteiger partial charge in [0.25, 0.3) is 0 Å². The highest BCUT2D eigenvalue weighted by atomic mass is 16.6. The van der Waals surface area contributed by atoms with Crippen LogP contribution in [0.2, 0.25) is 0 Å². The number of carbonyl (C=O) groups is 4. The summed E-state index contributed by atoms with van der Waals surface area (Å²) in [5.74, 6) is -0.581. The molecule has 2 aliphatic carbocycles. The Kier molecular flexibility index (Phi) is 11.3. The van der Waals surface area contributed by atoms with Crippen LogP contribution >= 0.6 is 0 Å². The molecular formula is C45H53N5O5. The summed E-state index contributed by atoms with van der Waals surface area (Å²) in [6, 6.07) is 25.2. The molecule has 1 saturated carbocycles. The molecule has 1 N–H and O–H groups in total. The molecule has 288 valence electrons. The molecule has 5 atom stereocenters. The molecule has 3 aromatic carbocycles. The third-order valence-electron chi connectivity index (χ3n) is 12.5. The first-order chi connectivity index (χ1) is 27.0. The van der Waals surface area contributed by atoms with Crippen LogP contribution < -0.4 is 5.32 Å². The van der Waals surface area contributed by atoms with E-state index in [-0.39, 0.29) is 43.2 Å². The van der Waals surface area contributed by atoms with Gasteiger partial charge in [0.1, 0.15) is 18.7 Å². The first-order valence-electron chi connectivity index (χ1n) is 20.4. The summed E-state index contributed by atoms with van der Waals surface area (Å²) in [5, 5.41) is 3.32. The number of β-lactam (4-membered cyclic amide) rings is 1. The molecule has 0 spiro atoms. The highest BCUT2D eigenvalue weighted by Gasteiger charge is 2.58. The maximum absolute atomic E-state index is 14.6. The molecule has 8 rings (SSSR count). The van der Waals surface area contributed by atoms with Crippen molar-refractivity contribution in [3.63, 3.8) is 0 Å². The molecule has 0 radical (unpaired) electrons. The second kappa shape index (κ2) is 16.8. The highest BCUT2D eigenvalue weighted by Crippen LogP contribution is 2.39. The van der Waals surface area contributed by atoms with Crippen LogP contribution in [0.5, 0.6) is 0 Å². The molecule has 4 fully saturated rings. The largest absolute Gasteiger partial charge is 0.447 e. The summed E-state index contributed by atoms with van der Waals surface area (Å²) >= 11 is 0. The Balaban J connectivity index is 1.06. The topological polar surface area (TPSA) is 103 Å². The van der Waals surface area contributed by atoms with E-state index >= 15 is 0 Å². The van der Waals surface area contributed by atoms with Crippen molar-refractivity contribution < 1.29 is 23.9 Å². The number of cyclic esters (lactones) is 1. The van der Waals surface area contributed by atoms with E-state index in [1.54, 1.807) is 9.80 Å². The van der Waals surface area contributed by atoms with Crippen molar-refractivity contribution in [3.05, 3.63) is 113 Å². The molecule has 3 aliphatic heterocycles. The van der Waals surface area contributed by atoms with E-state index in [4.69, 9.17) is 4.74 Å². The van der Waals surface area contributed by atoms with Crippen LogP contribution in [0, 0.1) is 0 Å².